The van der Waals surface area contributed by atoms with Crippen LogP contribution in [0.5, 0.6) is 0 Å². The van der Waals surface area contributed by atoms with E-state index in [1.807, 2.05) is 68.1 Å². The largest absolute Gasteiger partial charge is 0.337 e. The predicted molar refractivity (Wildman–Crippen MR) is 121 cm³/mol. The molecule has 0 aliphatic carbocycles. The van der Waals surface area contributed by atoms with Gasteiger partial charge in [0.25, 0.3) is 11.8 Å². The smallest absolute Gasteiger partial charge is 0.282 e. The third kappa shape index (κ3) is 3.63. The lowest BCUT2D eigenvalue weighted by molar-refractivity contribution is -0.120. The van der Waals surface area contributed by atoms with Gasteiger partial charge in [-0.3, -0.25) is 9.59 Å². The zero-order chi connectivity index (χ0) is 22.1. The minimum absolute atomic E-state index is 0.274. The zero-order valence-electron chi connectivity index (χ0n) is 17.7. The molecule has 1 aliphatic rings. The van der Waals surface area contributed by atoms with Crippen LogP contribution in [0.2, 0.25) is 0 Å². The summed E-state index contributed by atoms with van der Waals surface area (Å²) in [5, 5.41) is 0. The molecule has 0 bridgehead atoms. The number of para-hydroxylation sites is 1. The summed E-state index contributed by atoms with van der Waals surface area (Å²) >= 11 is 0. The monoisotopic (exact) mass is 414 g/mol. The number of amides is 2. The Labute approximate surface area is 181 Å². The van der Waals surface area contributed by atoms with Crippen LogP contribution in [0.1, 0.15) is 23.6 Å². The van der Waals surface area contributed by atoms with Crippen LogP contribution >= 0.6 is 0 Å². The first-order valence-corrected chi connectivity index (χ1v) is 10.2. The number of carbonyl (C=O) groups excluding carboxylic acids is 2. The lowest BCUT2D eigenvalue weighted by Gasteiger charge is -2.25. The van der Waals surface area contributed by atoms with Gasteiger partial charge < -0.3 is 4.90 Å². The Bertz CT molecular complexity index is 1180. The van der Waals surface area contributed by atoms with Crippen molar-refractivity contribution < 1.29 is 14.0 Å². The predicted octanol–water partition coefficient (Wildman–Crippen LogP) is 5.25. The molecule has 5 heteroatoms. The Kier molecular flexibility index (Phi) is 5.42. The van der Waals surface area contributed by atoms with Gasteiger partial charge in [0.2, 0.25) is 0 Å². The van der Waals surface area contributed by atoms with E-state index in [-0.39, 0.29) is 11.5 Å². The first-order valence-electron chi connectivity index (χ1n) is 10.2. The Morgan fingerprint density at radius 3 is 2.16 bits per heavy atom. The number of likely N-dealkylation sites (N-methyl/N-ethyl adjacent to an activating group) is 1. The number of halogens is 1. The molecule has 3 aromatic rings. The summed E-state index contributed by atoms with van der Waals surface area (Å²) in [6.45, 7) is 6.27. The van der Waals surface area contributed by atoms with Crippen molar-refractivity contribution in [2.75, 3.05) is 16.3 Å². The Morgan fingerprint density at radius 2 is 1.55 bits per heavy atom. The van der Waals surface area contributed by atoms with E-state index in [4.69, 9.17) is 0 Å². The molecule has 2 amide bonds. The van der Waals surface area contributed by atoms with Gasteiger partial charge in [-0.15, -0.1) is 0 Å². The maximum Gasteiger partial charge on any atom is 0.282 e. The van der Waals surface area contributed by atoms with Crippen molar-refractivity contribution in [3.05, 3.63) is 101 Å². The summed E-state index contributed by atoms with van der Waals surface area (Å²) in [4.78, 5) is 30.4. The summed E-state index contributed by atoms with van der Waals surface area (Å²) in [6, 6.07) is 20.8. The second-order valence-electron chi connectivity index (χ2n) is 7.55. The van der Waals surface area contributed by atoms with Crippen molar-refractivity contribution in [1.82, 2.24) is 0 Å². The molecule has 0 saturated carbocycles. The van der Waals surface area contributed by atoms with Crippen LogP contribution < -0.4 is 9.80 Å². The molecule has 31 heavy (non-hydrogen) atoms. The molecule has 0 unspecified atom stereocenters. The van der Waals surface area contributed by atoms with Gasteiger partial charge in [-0.25, -0.2) is 9.29 Å². The number of imide groups is 1. The van der Waals surface area contributed by atoms with E-state index >= 15 is 0 Å². The second kappa shape index (κ2) is 8.19. The van der Waals surface area contributed by atoms with E-state index in [0.717, 1.165) is 16.8 Å². The molecule has 156 valence electrons. The highest BCUT2D eigenvalue weighted by molar-refractivity contribution is 6.46. The number of nitrogens with zero attached hydrogens (tertiary/aromatic N) is 2. The van der Waals surface area contributed by atoms with Crippen molar-refractivity contribution in [2.45, 2.75) is 20.8 Å². The number of hydrogen-bond donors (Lipinski definition) is 0. The van der Waals surface area contributed by atoms with Gasteiger partial charge in [-0.1, -0.05) is 48.0 Å². The van der Waals surface area contributed by atoms with E-state index < -0.39 is 11.7 Å². The highest BCUT2D eigenvalue weighted by Crippen LogP contribution is 2.37. The van der Waals surface area contributed by atoms with Gasteiger partial charge in [0.1, 0.15) is 11.5 Å². The van der Waals surface area contributed by atoms with Gasteiger partial charge >= 0.3 is 0 Å². The number of rotatable bonds is 5. The normalized spacial score (nSPS) is 13.9. The highest BCUT2D eigenvalue weighted by Gasteiger charge is 2.43. The van der Waals surface area contributed by atoms with Gasteiger partial charge in [0, 0.05) is 12.2 Å². The fourth-order valence-corrected chi connectivity index (χ4v) is 4.00. The van der Waals surface area contributed by atoms with Crippen LogP contribution in [0.3, 0.4) is 0 Å². The van der Waals surface area contributed by atoms with E-state index in [0.29, 0.717) is 23.5 Å². The van der Waals surface area contributed by atoms with Crippen LogP contribution in [0.4, 0.5) is 15.8 Å². The molecule has 0 radical (unpaired) electrons. The third-order valence-corrected chi connectivity index (χ3v) is 5.44. The number of anilines is 2. The molecule has 4 rings (SSSR count). The molecule has 0 aromatic heterocycles. The van der Waals surface area contributed by atoms with Crippen LogP contribution in [-0.4, -0.2) is 18.4 Å². The molecule has 0 fully saturated rings. The van der Waals surface area contributed by atoms with Crippen LogP contribution in [0, 0.1) is 19.7 Å². The van der Waals surface area contributed by atoms with E-state index in [2.05, 4.69) is 0 Å². The summed E-state index contributed by atoms with van der Waals surface area (Å²) in [6.07, 6.45) is 0. The molecule has 0 N–H and O–H groups in total. The quantitative estimate of drug-likeness (QED) is 0.535. The summed E-state index contributed by atoms with van der Waals surface area (Å²) in [5.74, 6) is -1.20. The van der Waals surface area contributed by atoms with Crippen molar-refractivity contribution >= 4 is 28.8 Å². The van der Waals surface area contributed by atoms with E-state index in [1.165, 1.54) is 17.0 Å². The fraction of sp³-hybridized carbons (Fsp3) is 0.154. The molecule has 3 aromatic carbocycles. The number of hydrogen-bond acceptors (Lipinski definition) is 3. The third-order valence-electron chi connectivity index (χ3n) is 5.44. The van der Waals surface area contributed by atoms with Crippen LogP contribution in [0.25, 0.3) is 5.57 Å². The number of aryl methyl sites for hydroxylation is 2. The SMILES string of the molecule is CCN(C1=C(c2ccc(F)cc2)C(=O)N(c2ccc(C)cc2C)C1=O)c1ccccc1. The Balaban J connectivity index is 1.92. The molecular formula is C26H23FN2O2. The minimum Gasteiger partial charge on any atom is -0.337 e. The van der Waals surface area contributed by atoms with Gasteiger partial charge in [-0.05, 0) is 62.2 Å². The number of carbonyl (C=O) groups is 2. The summed E-state index contributed by atoms with van der Waals surface area (Å²) in [5.41, 5.74) is 4.33. The first kappa shape index (κ1) is 20.5. The molecule has 0 spiro atoms. The molecule has 0 atom stereocenters. The topological polar surface area (TPSA) is 40.6 Å². The lowest BCUT2D eigenvalue weighted by atomic mass is 10.0. The molecule has 4 nitrogen and oxygen atoms in total. The first-order chi connectivity index (χ1) is 14.9. The molecular weight excluding hydrogens is 391 g/mol. The highest BCUT2D eigenvalue weighted by atomic mass is 19.1. The molecule has 1 heterocycles. The number of benzene rings is 3. The van der Waals surface area contributed by atoms with Crippen molar-refractivity contribution in [1.29, 1.82) is 0 Å². The average Bonchev–Trinajstić information content (AvgIpc) is 3.01. The zero-order valence-corrected chi connectivity index (χ0v) is 17.7. The Morgan fingerprint density at radius 1 is 0.871 bits per heavy atom. The van der Waals surface area contributed by atoms with Crippen LogP contribution in [0.15, 0.2) is 78.5 Å². The maximum absolute atomic E-state index is 13.7. The Hall–Kier alpha value is -3.73. The van der Waals surface area contributed by atoms with Crippen molar-refractivity contribution in [3.8, 4) is 0 Å². The molecule has 0 saturated heterocycles. The average molecular weight is 414 g/mol. The summed E-state index contributed by atoms with van der Waals surface area (Å²) in [7, 11) is 0. The van der Waals surface area contributed by atoms with Crippen molar-refractivity contribution in [2.24, 2.45) is 0 Å². The van der Waals surface area contributed by atoms with Gasteiger partial charge in [0.05, 0.1) is 11.3 Å². The minimum atomic E-state index is -0.409. The van der Waals surface area contributed by atoms with Gasteiger partial charge in [-0.2, -0.15) is 0 Å². The maximum atomic E-state index is 13.7. The lowest BCUT2D eigenvalue weighted by Crippen LogP contribution is -2.35. The van der Waals surface area contributed by atoms with E-state index in [9.17, 15) is 14.0 Å². The van der Waals surface area contributed by atoms with E-state index in [1.54, 1.807) is 18.2 Å². The van der Waals surface area contributed by atoms with Crippen molar-refractivity contribution in [3.63, 3.8) is 0 Å². The molecule has 1 aliphatic heterocycles. The fourth-order valence-electron chi connectivity index (χ4n) is 4.00. The second-order valence-corrected chi connectivity index (χ2v) is 7.55. The standard InChI is InChI=1S/C26H23FN2O2/c1-4-28(21-8-6-5-7-9-21)24-23(19-11-13-20(27)14-12-19)25(30)29(26(24)31)22-15-10-17(2)16-18(22)3/h5-16H,4H2,1-3H3. The summed E-state index contributed by atoms with van der Waals surface area (Å²) < 4.78 is 13.6. The van der Waals surface area contributed by atoms with Crippen LogP contribution in [-0.2, 0) is 9.59 Å². The van der Waals surface area contributed by atoms with Gasteiger partial charge in [0.15, 0.2) is 0 Å².